The Kier molecular flexibility index (Phi) is 6.90. The van der Waals surface area contributed by atoms with Crippen LogP contribution < -0.4 is 10.1 Å². The van der Waals surface area contributed by atoms with Crippen molar-refractivity contribution in [3.8, 4) is 5.75 Å². The average Bonchev–Trinajstić information content (AvgIpc) is 2.95. The number of anilines is 1. The van der Waals surface area contributed by atoms with E-state index in [0.717, 1.165) is 21.7 Å². The van der Waals surface area contributed by atoms with E-state index >= 15 is 0 Å². The summed E-state index contributed by atoms with van der Waals surface area (Å²) in [5, 5.41) is 5.94. The van der Waals surface area contributed by atoms with Gasteiger partial charge in [-0.05, 0) is 47.4 Å². The highest BCUT2D eigenvalue weighted by Crippen LogP contribution is 2.26. The van der Waals surface area contributed by atoms with Crippen LogP contribution in [0.4, 0.5) is 5.69 Å². The molecule has 5 rings (SSSR count). The van der Waals surface area contributed by atoms with Crippen molar-refractivity contribution >= 4 is 45.3 Å². The smallest absolute Gasteiger partial charge is 0.337 e. The summed E-state index contributed by atoms with van der Waals surface area (Å²) >= 11 is 0. The van der Waals surface area contributed by atoms with Gasteiger partial charge in [-0.2, -0.15) is 0 Å². The third kappa shape index (κ3) is 5.33. The number of carbonyl (C=O) groups excluding carboxylic acids is 2. The van der Waals surface area contributed by atoms with Crippen LogP contribution in [-0.4, -0.2) is 30.6 Å². The van der Waals surface area contributed by atoms with Crippen LogP contribution in [0.15, 0.2) is 109 Å². The standard InChI is InChI=1S/C31H24N2O4/c1-36-31(35)24-16-14-21(15-17-24)19-25(20-37-28-13-5-8-22-7-2-3-11-26(22)28)30(34)33-27-12-4-9-23-10-6-18-32-29(23)27/h2-19H,20H2,1H3,(H,33,34). The monoisotopic (exact) mass is 488 g/mol. The molecule has 1 aromatic heterocycles. The first kappa shape index (κ1) is 23.8. The number of ether oxygens (including phenoxy) is 2. The number of esters is 1. The molecule has 1 N–H and O–H groups in total. The second kappa shape index (κ2) is 10.7. The molecule has 6 heteroatoms. The lowest BCUT2D eigenvalue weighted by molar-refractivity contribution is -0.113. The highest BCUT2D eigenvalue weighted by atomic mass is 16.5. The zero-order valence-corrected chi connectivity index (χ0v) is 20.2. The minimum atomic E-state index is -0.420. The number of aromatic nitrogens is 1. The molecule has 0 fully saturated rings. The number of amides is 1. The van der Waals surface area contributed by atoms with Crippen molar-refractivity contribution in [3.05, 3.63) is 120 Å². The number of rotatable bonds is 7. The maximum atomic E-state index is 13.5. The molecule has 0 saturated carbocycles. The number of benzene rings is 4. The van der Waals surface area contributed by atoms with Gasteiger partial charge in [0.05, 0.1) is 29.5 Å². The quantitative estimate of drug-likeness (QED) is 0.216. The van der Waals surface area contributed by atoms with Crippen LogP contribution in [0.25, 0.3) is 27.8 Å². The van der Waals surface area contributed by atoms with Gasteiger partial charge in [-0.3, -0.25) is 9.78 Å². The summed E-state index contributed by atoms with van der Waals surface area (Å²) in [4.78, 5) is 29.7. The Hall–Kier alpha value is -4.97. The van der Waals surface area contributed by atoms with Crippen molar-refractivity contribution in [2.45, 2.75) is 0 Å². The number of hydrogen-bond acceptors (Lipinski definition) is 5. The lowest BCUT2D eigenvalue weighted by Crippen LogP contribution is -2.19. The molecular formula is C31H24N2O4. The molecule has 6 nitrogen and oxygen atoms in total. The Morgan fingerprint density at radius 1 is 0.838 bits per heavy atom. The summed E-state index contributed by atoms with van der Waals surface area (Å²) < 4.78 is 10.9. The zero-order valence-electron chi connectivity index (χ0n) is 20.2. The Morgan fingerprint density at radius 3 is 2.41 bits per heavy atom. The van der Waals surface area contributed by atoms with Gasteiger partial charge in [0.1, 0.15) is 12.4 Å². The molecule has 4 aromatic carbocycles. The number of methoxy groups -OCH3 is 1. The zero-order chi connectivity index (χ0) is 25.6. The molecule has 0 aliphatic carbocycles. The third-order valence-electron chi connectivity index (χ3n) is 5.98. The topological polar surface area (TPSA) is 77.5 Å². The van der Waals surface area contributed by atoms with Gasteiger partial charge in [-0.15, -0.1) is 0 Å². The van der Waals surface area contributed by atoms with Gasteiger partial charge in [0.2, 0.25) is 0 Å². The van der Waals surface area contributed by atoms with E-state index in [0.29, 0.717) is 28.1 Å². The van der Waals surface area contributed by atoms with Crippen LogP contribution in [0.1, 0.15) is 15.9 Å². The fraction of sp³-hybridized carbons (Fsp3) is 0.0645. The van der Waals surface area contributed by atoms with Crippen molar-refractivity contribution in [3.63, 3.8) is 0 Å². The number of para-hydroxylation sites is 1. The second-order valence-electron chi connectivity index (χ2n) is 8.38. The highest BCUT2D eigenvalue weighted by molar-refractivity contribution is 6.10. The SMILES string of the molecule is COC(=O)c1ccc(C=C(COc2cccc3ccccc23)C(=O)Nc2cccc3cccnc23)cc1. The Bertz CT molecular complexity index is 1610. The lowest BCUT2D eigenvalue weighted by atomic mass is 10.1. The van der Waals surface area contributed by atoms with E-state index in [1.807, 2.05) is 72.8 Å². The first-order valence-corrected chi connectivity index (χ1v) is 11.8. The van der Waals surface area contributed by atoms with E-state index in [1.165, 1.54) is 7.11 Å². The third-order valence-corrected chi connectivity index (χ3v) is 5.98. The molecule has 0 aliphatic heterocycles. The number of nitrogens with one attached hydrogen (secondary N) is 1. The molecule has 37 heavy (non-hydrogen) atoms. The van der Waals surface area contributed by atoms with Crippen LogP contribution in [-0.2, 0) is 9.53 Å². The Labute approximate surface area is 214 Å². The Balaban J connectivity index is 1.46. The molecule has 0 bridgehead atoms. The molecule has 1 amide bonds. The maximum absolute atomic E-state index is 13.5. The molecule has 0 aliphatic rings. The molecule has 0 unspecified atom stereocenters. The van der Waals surface area contributed by atoms with E-state index in [4.69, 9.17) is 9.47 Å². The molecule has 1 heterocycles. The number of fused-ring (bicyclic) bond motifs is 2. The maximum Gasteiger partial charge on any atom is 0.337 e. The largest absolute Gasteiger partial charge is 0.488 e. The Morgan fingerprint density at radius 2 is 1.57 bits per heavy atom. The van der Waals surface area contributed by atoms with Crippen molar-refractivity contribution in [1.82, 2.24) is 4.98 Å². The first-order valence-electron chi connectivity index (χ1n) is 11.8. The minimum absolute atomic E-state index is 0.0385. The van der Waals surface area contributed by atoms with Crippen LogP contribution in [0.5, 0.6) is 5.75 Å². The van der Waals surface area contributed by atoms with Gasteiger partial charge in [-0.1, -0.05) is 66.7 Å². The van der Waals surface area contributed by atoms with Crippen molar-refractivity contribution in [2.24, 2.45) is 0 Å². The van der Waals surface area contributed by atoms with Gasteiger partial charge in [0.15, 0.2) is 0 Å². The van der Waals surface area contributed by atoms with E-state index < -0.39 is 5.97 Å². The number of nitrogens with zero attached hydrogens (tertiary/aromatic N) is 1. The molecular weight excluding hydrogens is 464 g/mol. The number of hydrogen-bond donors (Lipinski definition) is 1. The molecule has 182 valence electrons. The average molecular weight is 489 g/mol. The van der Waals surface area contributed by atoms with Crippen molar-refractivity contribution < 1.29 is 19.1 Å². The van der Waals surface area contributed by atoms with Gasteiger partial charge >= 0.3 is 5.97 Å². The lowest BCUT2D eigenvalue weighted by Gasteiger charge is -2.14. The molecule has 0 atom stereocenters. The summed E-state index contributed by atoms with van der Waals surface area (Å²) in [5.41, 5.74) is 2.90. The highest BCUT2D eigenvalue weighted by Gasteiger charge is 2.15. The van der Waals surface area contributed by atoms with Gasteiger partial charge in [0, 0.05) is 17.0 Å². The van der Waals surface area contributed by atoms with Crippen LogP contribution in [0.3, 0.4) is 0 Å². The van der Waals surface area contributed by atoms with E-state index in [9.17, 15) is 9.59 Å². The molecule has 0 spiro atoms. The summed E-state index contributed by atoms with van der Waals surface area (Å²) in [6, 6.07) is 30.0. The summed E-state index contributed by atoms with van der Waals surface area (Å²) in [6.07, 6.45) is 3.45. The summed E-state index contributed by atoms with van der Waals surface area (Å²) in [6.45, 7) is 0.0385. The van der Waals surface area contributed by atoms with E-state index in [1.54, 1.807) is 36.5 Å². The summed E-state index contributed by atoms with van der Waals surface area (Å²) in [7, 11) is 1.34. The van der Waals surface area contributed by atoms with Crippen LogP contribution in [0, 0.1) is 0 Å². The molecule has 0 radical (unpaired) electrons. The predicted molar refractivity (Wildman–Crippen MR) is 146 cm³/mol. The van der Waals surface area contributed by atoms with Crippen molar-refractivity contribution in [1.29, 1.82) is 0 Å². The number of carbonyl (C=O) groups is 2. The fourth-order valence-corrected chi connectivity index (χ4v) is 4.09. The van der Waals surface area contributed by atoms with E-state index in [2.05, 4.69) is 10.3 Å². The second-order valence-corrected chi connectivity index (χ2v) is 8.38. The van der Waals surface area contributed by atoms with Crippen LogP contribution >= 0.6 is 0 Å². The predicted octanol–water partition coefficient (Wildman–Crippen LogP) is 6.28. The van der Waals surface area contributed by atoms with Gasteiger partial charge < -0.3 is 14.8 Å². The minimum Gasteiger partial charge on any atom is -0.488 e. The normalized spacial score (nSPS) is 11.3. The van der Waals surface area contributed by atoms with Crippen molar-refractivity contribution in [2.75, 3.05) is 19.0 Å². The van der Waals surface area contributed by atoms with Gasteiger partial charge in [0.25, 0.3) is 5.91 Å². The summed E-state index contributed by atoms with van der Waals surface area (Å²) in [5.74, 6) is -0.0451. The van der Waals surface area contributed by atoms with E-state index in [-0.39, 0.29) is 12.5 Å². The van der Waals surface area contributed by atoms with Crippen LogP contribution in [0.2, 0.25) is 0 Å². The van der Waals surface area contributed by atoms with Gasteiger partial charge in [-0.25, -0.2) is 4.79 Å². The fourth-order valence-electron chi connectivity index (χ4n) is 4.09. The number of pyridine rings is 1. The first-order chi connectivity index (χ1) is 18.1. The molecule has 0 saturated heterocycles. The molecule has 5 aromatic rings.